The summed E-state index contributed by atoms with van der Waals surface area (Å²) in [6, 6.07) is 7.14. The van der Waals surface area contributed by atoms with Gasteiger partial charge in [0.05, 0.1) is 6.42 Å². The number of rotatable bonds is 9. The summed E-state index contributed by atoms with van der Waals surface area (Å²) >= 11 is 5.17. The van der Waals surface area contributed by atoms with E-state index in [1.807, 2.05) is 0 Å². The summed E-state index contributed by atoms with van der Waals surface area (Å²) in [4.78, 5) is 22.9. The molecule has 1 rings (SSSR count). The minimum Gasteiger partial charge on any atom is -0.361 e. The molecule has 0 bridgehead atoms. The summed E-state index contributed by atoms with van der Waals surface area (Å²) in [5.41, 5.74) is 6.87. The number of anilines is 1. The van der Waals surface area contributed by atoms with Gasteiger partial charge >= 0.3 is 0 Å². The average Bonchev–Trinajstić information content (AvgIpc) is 2.59. The molecule has 0 radical (unpaired) electrons. The minimum absolute atomic E-state index is 0.125. The van der Waals surface area contributed by atoms with Crippen molar-refractivity contribution in [3.05, 3.63) is 29.8 Å². The number of carbonyl (C=O) groups excluding carboxylic acids is 2. The van der Waals surface area contributed by atoms with Crippen molar-refractivity contribution in [1.82, 2.24) is 16.2 Å². The smallest absolute Gasteiger partial charge is 0.242 e. The van der Waals surface area contributed by atoms with Crippen LogP contribution in [0, 0.1) is 5.92 Å². The maximum atomic E-state index is 12.0. The van der Waals surface area contributed by atoms with Crippen LogP contribution in [-0.4, -0.2) is 23.5 Å². The van der Waals surface area contributed by atoms with Crippen molar-refractivity contribution in [2.45, 2.75) is 52.9 Å². The molecule has 144 valence electrons. The molecule has 26 heavy (non-hydrogen) atoms. The van der Waals surface area contributed by atoms with Gasteiger partial charge in [-0.2, -0.15) is 0 Å². The molecule has 0 saturated heterocycles. The Morgan fingerprint density at radius 2 is 1.81 bits per heavy atom. The topological polar surface area (TPSA) is 82.3 Å². The lowest BCUT2D eigenvalue weighted by atomic mass is 10.0. The predicted molar refractivity (Wildman–Crippen MR) is 110 cm³/mol. The highest BCUT2D eigenvalue weighted by Crippen LogP contribution is 2.10. The van der Waals surface area contributed by atoms with Gasteiger partial charge < -0.3 is 10.6 Å². The number of carbonyl (C=O) groups is 2. The second-order valence-corrected chi connectivity index (χ2v) is 6.95. The molecule has 4 N–H and O–H groups in total. The van der Waals surface area contributed by atoms with Crippen molar-refractivity contribution in [1.29, 1.82) is 0 Å². The Balaban J connectivity index is 2.24. The van der Waals surface area contributed by atoms with Crippen LogP contribution in [0.25, 0.3) is 0 Å². The summed E-state index contributed by atoms with van der Waals surface area (Å²) in [5.74, 6) is 0.233. The van der Waals surface area contributed by atoms with Crippen LogP contribution in [0.1, 0.15) is 52.0 Å². The molecule has 7 heteroatoms. The van der Waals surface area contributed by atoms with E-state index in [1.54, 1.807) is 24.3 Å². The Bertz CT molecular complexity index is 590. The van der Waals surface area contributed by atoms with Crippen LogP contribution in [0.5, 0.6) is 0 Å². The molecule has 0 spiro atoms. The Morgan fingerprint density at radius 1 is 1.12 bits per heavy atom. The van der Waals surface area contributed by atoms with Gasteiger partial charge in [-0.25, -0.2) is 0 Å². The molecule has 0 aliphatic heterocycles. The molecule has 1 atom stereocenters. The van der Waals surface area contributed by atoms with Crippen LogP contribution in [0.2, 0.25) is 0 Å². The third-order valence-corrected chi connectivity index (χ3v) is 4.11. The number of hydrogen-bond acceptors (Lipinski definition) is 3. The number of nitrogens with one attached hydrogen (secondary N) is 4. The molecular weight excluding hydrogens is 348 g/mol. The van der Waals surface area contributed by atoms with Gasteiger partial charge in [-0.3, -0.25) is 20.4 Å². The fourth-order valence-electron chi connectivity index (χ4n) is 2.42. The van der Waals surface area contributed by atoms with E-state index in [2.05, 4.69) is 35.3 Å². The van der Waals surface area contributed by atoms with Gasteiger partial charge in [-0.05, 0) is 42.3 Å². The van der Waals surface area contributed by atoms with Gasteiger partial charge in [-0.1, -0.05) is 45.2 Å². The van der Waals surface area contributed by atoms with Crippen LogP contribution < -0.4 is 21.5 Å². The van der Waals surface area contributed by atoms with Gasteiger partial charge in [0.2, 0.25) is 11.8 Å². The molecule has 0 aromatic heterocycles. The number of hydrazine groups is 1. The standard InChI is InChI=1S/C19H30N4O2S/c1-4-5-6-7-14(2)13-20-19(26)23-22-18(25)12-16-8-10-17(11-9-16)21-15(3)24/h8-11,14H,4-7,12-13H2,1-3H3,(H,21,24)(H,22,25)(H2,20,23,26)/t14-/m1/s1. The maximum Gasteiger partial charge on any atom is 0.242 e. The largest absolute Gasteiger partial charge is 0.361 e. The van der Waals surface area contributed by atoms with E-state index >= 15 is 0 Å². The minimum atomic E-state index is -0.183. The first kappa shape index (κ1) is 21.9. The van der Waals surface area contributed by atoms with Crippen LogP contribution in [0.4, 0.5) is 5.69 Å². The van der Waals surface area contributed by atoms with Crippen LogP contribution in [0.3, 0.4) is 0 Å². The number of benzene rings is 1. The van der Waals surface area contributed by atoms with Crippen molar-refractivity contribution in [2.75, 3.05) is 11.9 Å². The molecule has 0 aliphatic rings. The Kier molecular flexibility index (Phi) is 10.3. The first-order chi connectivity index (χ1) is 12.4. The monoisotopic (exact) mass is 378 g/mol. The van der Waals surface area contributed by atoms with Gasteiger partial charge in [0.25, 0.3) is 0 Å². The highest BCUT2D eigenvalue weighted by atomic mass is 32.1. The van der Waals surface area contributed by atoms with E-state index in [4.69, 9.17) is 12.2 Å². The number of thiocarbonyl (C=S) groups is 1. The zero-order valence-electron chi connectivity index (χ0n) is 15.9. The first-order valence-electron chi connectivity index (χ1n) is 9.10. The van der Waals surface area contributed by atoms with Crippen LogP contribution >= 0.6 is 12.2 Å². The molecule has 0 unspecified atom stereocenters. The van der Waals surface area contributed by atoms with Gasteiger partial charge in [0, 0.05) is 19.2 Å². The Morgan fingerprint density at radius 3 is 2.42 bits per heavy atom. The van der Waals surface area contributed by atoms with Crippen molar-refractivity contribution < 1.29 is 9.59 Å². The van der Waals surface area contributed by atoms with Crippen LogP contribution in [-0.2, 0) is 16.0 Å². The Labute approximate surface area is 161 Å². The maximum absolute atomic E-state index is 12.0. The third-order valence-electron chi connectivity index (χ3n) is 3.87. The molecule has 2 amide bonds. The van der Waals surface area contributed by atoms with Crippen molar-refractivity contribution >= 4 is 34.8 Å². The van der Waals surface area contributed by atoms with Gasteiger partial charge in [-0.15, -0.1) is 0 Å². The van der Waals surface area contributed by atoms with E-state index in [-0.39, 0.29) is 18.2 Å². The van der Waals surface area contributed by atoms with Crippen LogP contribution in [0.15, 0.2) is 24.3 Å². The van der Waals surface area contributed by atoms with Crippen molar-refractivity contribution in [3.63, 3.8) is 0 Å². The molecule has 6 nitrogen and oxygen atoms in total. The molecule has 0 saturated carbocycles. The summed E-state index contributed by atoms with van der Waals surface area (Å²) in [5, 5.41) is 6.23. The number of amides is 2. The second kappa shape index (κ2) is 12.2. The summed E-state index contributed by atoms with van der Waals surface area (Å²) < 4.78 is 0. The molecular formula is C19H30N4O2S. The SMILES string of the molecule is CCCCC[C@@H](C)CNC(=S)NNC(=O)Cc1ccc(NC(C)=O)cc1. The fourth-order valence-corrected chi connectivity index (χ4v) is 2.56. The lowest BCUT2D eigenvalue weighted by molar-refractivity contribution is -0.121. The molecule has 0 aliphatic carbocycles. The van der Waals surface area contributed by atoms with Crippen molar-refractivity contribution in [3.8, 4) is 0 Å². The highest BCUT2D eigenvalue weighted by Gasteiger charge is 2.06. The number of hydrogen-bond donors (Lipinski definition) is 4. The van der Waals surface area contributed by atoms with E-state index < -0.39 is 0 Å². The zero-order chi connectivity index (χ0) is 19.4. The molecule has 0 fully saturated rings. The first-order valence-corrected chi connectivity index (χ1v) is 9.50. The summed E-state index contributed by atoms with van der Waals surface area (Å²) in [7, 11) is 0. The summed E-state index contributed by atoms with van der Waals surface area (Å²) in [6.07, 6.45) is 5.11. The average molecular weight is 379 g/mol. The third kappa shape index (κ3) is 9.98. The second-order valence-electron chi connectivity index (χ2n) is 6.54. The molecule has 1 aromatic rings. The highest BCUT2D eigenvalue weighted by molar-refractivity contribution is 7.80. The molecule has 1 aromatic carbocycles. The fraction of sp³-hybridized carbons (Fsp3) is 0.526. The van der Waals surface area contributed by atoms with Gasteiger partial charge in [0.15, 0.2) is 5.11 Å². The Hall–Kier alpha value is -2.15. The quantitative estimate of drug-likeness (QED) is 0.302. The predicted octanol–water partition coefficient (Wildman–Crippen LogP) is 2.90. The lowest BCUT2D eigenvalue weighted by Crippen LogP contribution is -2.48. The van der Waals surface area contributed by atoms with E-state index in [9.17, 15) is 9.59 Å². The van der Waals surface area contributed by atoms with E-state index in [1.165, 1.54) is 32.6 Å². The van der Waals surface area contributed by atoms with Gasteiger partial charge in [0.1, 0.15) is 0 Å². The zero-order valence-corrected chi connectivity index (χ0v) is 16.7. The normalized spacial score (nSPS) is 11.3. The van der Waals surface area contributed by atoms with E-state index in [0.29, 0.717) is 16.7 Å². The van der Waals surface area contributed by atoms with E-state index in [0.717, 1.165) is 12.1 Å². The molecule has 0 heterocycles. The lowest BCUT2D eigenvalue weighted by Gasteiger charge is -2.15. The number of unbranched alkanes of at least 4 members (excludes halogenated alkanes) is 2. The van der Waals surface area contributed by atoms with Crippen molar-refractivity contribution in [2.24, 2.45) is 5.92 Å². The summed E-state index contributed by atoms with van der Waals surface area (Å²) in [6.45, 7) is 6.63.